The van der Waals surface area contributed by atoms with Crippen molar-refractivity contribution in [2.45, 2.75) is 47.1 Å². The van der Waals surface area contributed by atoms with E-state index in [0.29, 0.717) is 17.4 Å². The van der Waals surface area contributed by atoms with Crippen molar-refractivity contribution in [1.82, 2.24) is 5.32 Å². The fourth-order valence-electron chi connectivity index (χ4n) is 2.32. The maximum atomic E-state index is 5.39. The number of benzene rings is 1. The summed E-state index contributed by atoms with van der Waals surface area (Å²) < 4.78 is 10.8. The lowest BCUT2D eigenvalue weighted by Gasteiger charge is -2.31. The zero-order valence-electron chi connectivity index (χ0n) is 14.6. The van der Waals surface area contributed by atoms with Gasteiger partial charge in [-0.3, -0.25) is 0 Å². The molecule has 2 atom stereocenters. The lowest BCUT2D eigenvalue weighted by molar-refractivity contribution is 0.223. The van der Waals surface area contributed by atoms with Crippen LogP contribution in [0.3, 0.4) is 0 Å². The van der Waals surface area contributed by atoms with Crippen LogP contribution in [0.4, 0.5) is 0 Å². The molecule has 0 aliphatic carbocycles. The van der Waals surface area contributed by atoms with Crippen LogP contribution in [0, 0.1) is 11.3 Å². The first kappa shape index (κ1) is 17.8. The van der Waals surface area contributed by atoms with Crippen LogP contribution in [0.15, 0.2) is 18.2 Å². The summed E-state index contributed by atoms with van der Waals surface area (Å²) in [5.41, 5.74) is 1.53. The van der Waals surface area contributed by atoms with E-state index in [9.17, 15) is 0 Å². The van der Waals surface area contributed by atoms with Gasteiger partial charge in [0.05, 0.1) is 14.2 Å². The average molecular weight is 293 g/mol. The molecule has 0 spiro atoms. The summed E-state index contributed by atoms with van der Waals surface area (Å²) in [4.78, 5) is 0. The third-order valence-electron chi connectivity index (χ3n) is 4.29. The lowest BCUT2D eigenvalue weighted by Crippen LogP contribution is -2.27. The van der Waals surface area contributed by atoms with Gasteiger partial charge in [-0.1, -0.05) is 34.6 Å². The van der Waals surface area contributed by atoms with Gasteiger partial charge in [-0.15, -0.1) is 0 Å². The van der Waals surface area contributed by atoms with Gasteiger partial charge in [0, 0.05) is 12.1 Å². The highest BCUT2D eigenvalue weighted by molar-refractivity contribution is 5.39. The summed E-state index contributed by atoms with van der Waals surface area (Å²) in [6.07, 6.45) is 1.09. The van der Waals surface area contributed by atoms with Gasteiger partial charge in [-0.25, -0.2) is 0 Å². The van der Waals surface area contributed by atoms with Crippen molar-refractivity contribution < 1.29 is 9.47 Å². The van der Waals surface area contributed by atoms with Gasteiger partial charge >= 0.3 is 0 Å². The number of ether oxygens (including phenoxy) is 2. The van der Waals surface area contributed by atoms with E-state index in [1.807, 2.05) is 6.07 Å². The van der Waals surface area contributed by atoms with Crippen molar-refractivity contribution >= 4 is 0 Å². The van der Waals surface area contributed by atoms with Crippen LogP contribution in [0.1, 0.15) is 52.6 Å². The largest absolute Gasteiger partial charge is 0.497 e. The normalized spacial score (nSPS) is 14.6. The molecule has 3 heteroatoms. The Kier molecular flexibility index (Phi) is 6.53. The van der Waals surface area contributed by atoms with Crippen LogP contribution in [0.2, 0.25) is 0 Å². The summed E-state index contributed by atoms with van der Waals surface area (Å²) in [5, 5.41) is 3.59. The van der Waals surface area contributed by atoms with E-state index in [1.165, 1.54) is 5.56 Å². The molecule has 3 nitrogen and oxygen atoms in total. The molecule has 1 aromatic carbocycles. The minimum Gasteiger partial charge on any atom is -0.497 e. The highest BCUT2D eigenvalue weighted by Crippen LogP contribution is 2.35. The molecule has 21 heavy (non-hydrogen) atoms. The van der Waals surface area contributed by atoms with Crippen LogP contribution in [0.5, 0.6) is 11.5 Å². The van der Waals surface area contributed by atoms with Crippen molar-refractivity contribution in [3.63, 3.8) is 0 Å². The molecule has 0 amide bonds. The standard InChI is InChI=1S/C18H31NO2/c1-8-19-17(9-13(2)18(3,4)5)14-10-15(20-6)12-16(11-14)21-7/h10-13,17,19H,8-9H2,1-7H3. The van der Waals surface area contributed by atoms with Gasteiger partial charge in [0.25, 0.3) is 0 Å². The number of hydrogen-bond acceptors (Lipinski definition) is 3. The van der Waals surface area contributed by atoms with Gasteiger partial charge in [-0.2, -0.15) is 0 Å². The van der Waals surface area contributed by atoms with E-state index in [1.54, 1.807) is 14.2 Å². The van der Waals surface area contributed by atoms with E-state index in [-0.39, 0.29) is 0 Å². The fraction of sp³-hybridized carbons (Fsp3) is 0.667. The minimum absolute atomic E-state index is 0.302. The molecule has 0 bridgehead atoms. The Labute approximate surface area is 130 Å². The number of hydrogen-bond donors (Lipinski definition) is 1. The second-order valence-corrected chi connectivity index (χ2v) is 6.76. The van der Waals surface area contributed by atoms with Crippen LogP contribution >= 0.6 is 0 Å². The molecular formula is C18H31NO2. The Morgan fingerprint density at radius 2 is 1.57 bits per heavy atom. The SMILES string of the molecule is CCNC(CC(C)C(C)(C)C)c1cc(OC)cc(OC)c1. The first-order valence-electron chi connectivity index (χ1n) is 7.78. The summed E-state index contributed by atoms with van der Waals surface area (Å²) >= 11 is 0. The number of methoxy groups -OCH3 is 2. The van der Waals surface area contributed by atoms with Gasteiger partial charge < -0.3 is 14.8 Å². The third-order valence-corrected chi connectivity index (χ3v) is 4.29. The van der Waals surface area contributed by atoms with Gasteiger partial charge in [0.15, 0.2) is 0 Å². The molecule has 0 saturated carbocycles. The second kappa shape index (κ2) is 7.69. The number of rotatable bonds is 7. The zero-order chi connectivity index (χ0) is 16.0. The predicted octanol–water partition coefficient (Wildman–Crippen LogP) is 4.43. The topological polar surface area (TPSA) is 30.5 Å². The smallest absolute Gasteiger partial charge is 0.122 e. The highest BCUT2D eigenvalue weighted by atomic mass is 16.5. The van der Waals surface area contributed by atoms with E-state index in [4.69, 9.17) is 9.47 Å². The maximum absolute atomic E-state index is 5.39. The Morgan fingerprint density at radius 3 is 1.95 bits per heavy atom. The summed E-state index contributed by atoms with van der Waals surface area (Å²) in [7, 11) is 3.39. The Morgan fingerprint density at radius 1 is 1.05 bits per heavy atom. The second-order valence-electron chi connectivity index (χ2n) is 6.76. The first-order valence-corrected chi connectivity index (χ1v) is 7.78. The molecule has 0 aliphatic heterocycles. The quantitative estimate of drug-likeness (QED) is 0.807. The molecule has 1 aromatic rings. The van der Waals surface area contributed by atoms with Gasteiger partial charge in [-0.05, 0) is 42.0 Å². The van der Waals surface area contributed by atoms with Crippen molar-refractivity contribution in [1.29, 1.82) is 0 Å². The molecule has 0 fully saturated rings. The third kappa shape index (κ3) is 5.24. The van der Waals surface area contributed by atoms with E-state index in [2.05, 4.69) is 52.1 Å². The zero-order valence-corrected chi connectivity index (χ0v) is 14.6. The molecule has 120 valence electrons. The molecule has 0 aromatic heterocycles. The van der Waals surface area contributed by atoms with Gasteiger partial charge in [0.2, 0.25) is 0 Å². The molecule has 0 saturated heterocycles. The Bertz CT molecular complexity index is 415. The van der Waals surface area contributed by atoms with Crippen LogP contribution < -0.4 is 14.8 Å². The Balaban J connectivity index is 3.04. The fourth-order valence-corrected chi connectivity index (χ4v) is 2.32. The van der Waals surface area contributed by atoms with Crippen molar-refractivity contribution in [3.8, 4) is 11.5 Å². The van der Waals surface area contributed by atoms with Gasteiger partial charge in [0.1, 0.15) is 11.5 Å². The monoisotopic (exact) mass is 293 g/mol. The maximum Gasteiger partial charge on any atom is 0.122 e. The highest BCUT2D eigenvalue weighted by Gasteiger charge is 2.24. The Hall–Kier alpha value is -1.22. The lowest BCUT2D eigenvalue weighted by atomic mass is 9.77. The molecule has 2 unspecified atom stereocenters. The number of nitrogens with one attached hydrogen (secondary N) is 1. The van der Waals surface area contributed by atoms with Crippen molar-refractivity contribution in [2.24, 2.45) is 11.3 Å². The summed E-state index contributed by atoms with van der Waals surface area (Å²) in [6.45, 7) is 12.3. The molecule has 1 N–H and O–H groups in total. The molecule has 0 aliphatic rings. The minimum atomic E-state index is 0.302. The van der Waals surface area contributed by atoms with Crippen LogP contribution in [0.25, 0.3) is 0 Å². The molecule has 0 radical (unpaired) electrons. The molecule has 1 rings (SSSR count). The summed E-state index contributed by atoms with van der Waals surface area (Å²) in [5.74, 6) is 2.30. The average Bonchev–Trinajstić information content (AvgIpc) is 2.45. The predicted molar refractivity (Wildman–Crippen MR) is 89.2 cm³/mol. The summed E-state index contributed by atoms with van der Waals surface area (Å²) in [6, 6.07) is 6.43. The first-order chi connectivity index (χ1) is 9.81. The van der Waals surface area contributed by atoms with Crippen molar-refractivity contribution in [2.75, 3.05) is 20.8 Å². The van der Waals surface area contributed by atoms with Crippen LogP contribution in [-0.2, 0) is 0 Å². The molecular weight excluding hydrogens is 262 g/mol. The van der Waals surface area contributed by atoms with E-state index >= 15 is 0 Å². The van der Waals surface area contributed by atoms with E-state index < -0.39 is 0 Å². The van der Waals surface area contributed by atoms with Crippen molar-refractivity contribution in [3.05, 3.63) is 23.8 Å². The van der Waals surface area contributed by atoms with E-state index in [0.717, 1.165) is 24.5 Å². The molecule has 0 heterocycles. The van der Waals surface area contributed by atoms with Crippen LogP contribution in [-0.4, -0.2) is 20.8 Å².